The molecule has 1 aliphatic carbocycles. The van der Waals surface area contributed by atoms with Gasteiger partial charge in [0.25, 0.3) is 5.91 Å². The van der Waals surface area contributed by atoms with E-state index in [1.54, 1.807) is 22.7 Å². The van der Waals surface area contributed by atoms with E-state index in [0.717, 1.165) is 127 Å². The number of H-pyrrole nitrogens is 1. The highest BCUT2D eigenvalue weighted by molar-refractivity contribution is 7.99. The maximum atomic E-state index is 14.1. The number of nitrogens with one attached hydrogen (secondary N) is 2. The lowest BCUT2D eigenvalue weighted by Crippen LogP contribution is -2.53. The molecule has 1 unspecified atom stereocenters. The van der Waals surface area contributed by atoms with Gasteiger partial charge in [-0.2, -0.15) is 0 Å². The molecule has 306 valence electrons. The first-order chi connectivity index (χ1) is 28.5. The number of unbranched alkanes of at least 4 members (excludes halogenated alkanes) is 1. The molecule has 4 aromatic rings. The Bertz CT molecular complexity index is 2400. The molecule has 0 bridgehead atoms. The van der Waals surface area contributed by atoms with Crippen molar-refractivity contribution in [1.82, 2.24) is 25.0 Å². The molecule has 9 rings (SSSR count). The lowest BCUT2D eigenvalue weighted by molar-refractivity contribution is -0.136. The van der Waals surface area contributed by atoms with E-state index in [1.807, 2.05) is 24.3 Å². The maximum absolute atomic E-state index is 14.1. The molecule has 12 heteroatoms. The van der Waals surface area contributed by atoms with Crippen LogP contribution in [0.2, 0.25) is 0 Å². The average molecular weight is 812 g/mol. The molecule has 11 nitrogen and oxygen atoms in total. The van der Waals surface area contributed by atoms with Crippen molar-refractivity contribution < 1.29 is 19.2 Å². The number of aryl methyl sites for hydroxylation is 1. The molecule has 0 saturated carbocycles. The molecule has 3 amide bonds. The summed E-state index contributed by atoms with van der Waals surface area (Å²) in [7, 11) is 0. The van der Waals surface area contributed by atoms with Crippen LogP contribution in [0, 0.1) is 6.57 Å². The molecule has 1 atom stereocenters. The summed E-state index contributed by atoms with van der Waals surface area (Å²) >= 11 is 1.80. The topological polar surface area (TPSA) is 113 Å². The Hall–Kier alpha value is -4.96. The normalized spacial score (nSPS) is 21.1. The van der Waals surface area contributed by atoms with Crippen molar-refractivity contribution in [1.29, 1.82) is 0 Å². The number of nitrogens with zero attached hydrogens (tertiary/aromatic N) is 5. The van der Waals surface area contributed by atoms with E-state index in [1.165, 1.54) is 11.3 Å². The Morgan fingerprint density at radius 1 is 0.915 bits per heavy atom. The van der Waals surface area contributed by atoms with Crippen LogP contribution in [0.15, 0.2) is 53.4 Å². The molecule has 3 aromatic carbocycles. The number of fused-ring (bicyclic) bond motifs is 5. The number of thioether (sulfide) groups is 1. The van der Waals surface area contributed by atoms with Crippen LogP contribution in [0.3, 0.4) is 0 Å². The summed E-state index contributed by atoms with van der Waals surface area (Å²) in [6.45, 7) is 22.0. The van der Waals surface area contributed by atoms with E-state index >= 15 is 0 Å². The van der Waals surface area contributed by atoms with E-state index < -0.39 is 6.04 Å². The van der Waals surface area contributed by atoms with E-state index in [2.05, 4.69) is 68.8 Å². The number of carbonyl (C=O) groups excluding carboxylic acids is 4. The predicted molar refractivity (Wildman–Crippen MR) is 232 cm³/mol. The molecule has 3 saturated heterocycles. The molecule has 4 aliphatic heterocycles. The first kappa shape index (κ1) is 39.5. The van der Waals surface area contributed by atoms with Gasteiger partial charge in [-0.1, -0.05) is 39.0 Å². The molecular weight excluding hydrogens is 759 g/mol. The average Bonchev–Trinajstić information content (AvgIpc) is 3.81. The summed E-state index contributed by atoms with van der Waals surface area (Å²) < 4.78 is 0. The number of benzene rings is 3. The van der Waals surface area contributed by atoms with Gasteiger partial charge in [0.2, 0.25) is 11.8 Å². The van der Waals surface area contributed by atoms with Gasteiger partial charge in [-0.15, -0.1) is 11.8 Å². The number of hydrogen-bond donors (Lipinski definition) is 2. The van der Waals surface area contributed by atoms with Crippen molar-refractivity contribution in [2.75, 3.05) is 56.5 Å². The van der Waals surface area contributed by atoms with Gasteiger partial charge in [-0.25, -0.2) is 4.85 Å². The van der Waals surface area contributed by atoms with Crippen LogP contribution in [0.4, 0.5) is 11.4 Å². The number of piperidine rings is 2. The minimum Gasteiger partial charge on any atom is -0.371 e. The molecular formula is C47H53N7O4S. The summed E-state index contributed by atoms with van der Waals surface area (Å²) in [5, 5.41) is 3.29. The van der Waals surface area contributed by atoms with Gasteiger partial charge in [0.05, 0.1) is 12.1 Å². The highest BCUT2D eigenvalue weighted by Crippen LogP contribution is 2.46. The van der Waals surface area contributed by atoms with Crippen molar-refractivity contribution >= 4 is 57.5 Å². The van der Waals surface area contributed by atoms with Crippen LogP contribution >= 0.6 is 11.8 Å². The van der Waals surface area contributed by atoms with Gasteiger partial charge in [0.1, 0.15) is 6.04 Å². The fourth-order valence-corrected chi connectivity index (χ4v) is 11.4. The first-order valence-electron chi connectivity index (χ1n) is 21.4. The number of anilines is 1. The number of aromatic nitrogens is 1. The minimum absolute atomic E-state index is 0.0736. The smallest absolute Gasteiger partial charge is 0.255 e. The summed E-state index contributed by atoms with van der Waals surface area (Å²) in [6, 6.07) is 15.9. The van der Waals surface area contributed by atoms with Gasteiger partial charge in [0, 0.05) is 102 Å². The summed E-state index contributed by atoms with van der Waals surface area (Å²) in [4.78, 5) is 69.3. The minimum atomic E-state index is -0.588. The third kappa shape index (κ3) is 7.15. The number of amides is 3. The third-order valence-corrected chi connectivity index (χ3v) is 14.9. The highest BCUT2D eigenvalue weighted by Gasteiger charge is 2.42. The monoisotopic (exact) mass is 811 g/mol. The van der Waals surface area contributed by atoms with Crippen LogP contribution < -0.4 is 10.2 Å². The van der Waals surface area contributed by atoms with E-state index in [-0.39, 0.29) is 35.3 Å². The second kappa shape index (κ2) is 15.9. The molecule has 2 N–H and O–H groups in total. The fraction of sp³-hybridized carbons (Fsp3) is 0.468. The zero-order chi connectivity index (χ0) is 41.0. The summed E-state index contributed by atoms with van der Waals surface area (Å²) in [5.41, 5.74) is 8.78. The Labute approximate surface area is 350 Å². The zero-order valence-corrected chi connectivity index (χ0v) is 35.2. The number of hydrogen-bond acceptors (Lipinski definition) is 8. The summed E-state index contributed by atoms with van der Waals surface area (Å²) in [6.07, 6.45) is 6.00. The van der Waals surface area contributed by atoms with Crippen molar-refractivity contribution in [3.05, 3.63) is 99.0 Å². The van der Waals surface area contributed by atoms with Crippen LogP contribution in [0.5, 0.6) is 0 Å². The van der Waals surface area contributed by atoms with Crippen molar-refractivity contribution in [2.24, 2.45) is 0 Å². The van der Waals surface area contributed by atoms with E-state index in [9.17, 15) is 19.2 Å². The molecule has 1 aromatic heterocycles. The Balaban J connectivity index is 0.752. The molecule has 5 heterocycles. The quantitative estimate of drug-likeness (QED) is 0.0758. The highest BCUT2D eigenvalue weighted by atomic mass is 32.2. The van der Waals surface area contributed by atoms with Crippen molar-refractivity contribution in [2.45, 2.75) is 94.7 Å². The molecule has 0 spiro atoms. The van der Waals surface area contributed by atoms with Gasteiger partial charge in [-0.3, -0.25) is 29.4 Å². The molecule has 0 radical (unpaired) electrons. The number of rotatable bonds is 10. The Morgan fingerprint density at radius 3 is 2.46 bits per heavy atom. The second-order valence-corrected chi connectivity index (χ2v) is 18.5. The predicted octanol–water partition coefficient (Wildman–Crippen LogP) is 7.07. The molecule has 3 fully saturated rings. The number of imide groups is 1. The molecule has 5 aliphatic rings. The van der Waals surface area contributed by atoms with Gasteiger partial charge in [0.15, 0.2) is 11.5 Å². The number of ketones is 1. The van der Waals surface area contributed by atoms with Crippen LogP contribution in [-0.2, 0) is 28.0 Å². The molecule has 59 heavy (non-hydrogen) atoms. The standard InChI is InChI=1S/C47H53N7O4S/c1-5-29-25-34-36(47(2,3)44-42(43(34)56)33-12-11-30(48-4)26-37(33)49-44)27-39(29)53-18-15-31(16-19-53)52-22-20-51(21-23-52)17-6-7-24-59-40-10-8-9-32-35(40)28-54(46(32)58)38-13-14-41(55)50-45(38)57/h8-12,25-27,31,38,49H,5-7,13-24,28H2,1-3H3,(H,50,55,57). The number of carbonyl (C=O) groups is 4. The first-order valence-corrected chi connectivity index (χ1v) is 22.4. The van der Waals surface area contributed by atoms with Crippen LogP contribution in [0.25, 0.3) is 15.7 Å². The fourth-order valence-electron chi connectivity index (χ4n) is 10.3. The van der Waals surface area contributed by atoms with Crippen molar-refractivity contribution in [3.8, 4) is 0 Å². The summed E-state index contributed by atoms with van der Waals surface area (Å²) in [5.74, 6) is 0.297. The lowest BCUT2D eigenvalue weighted by Gasteiger charge is -2.44. The Kier molecular flexibility index (Phi) is 10.6. The van der Waals surface area contributed by atoms with Gasteiger partial charge < -0.3 is 19.7 Å². The van der Waals surface area contributed by atoms with Crippen LogP contribution in [0.1, 0.15) is 108 Å². The zero-order valence-electron chi connectivity index (χ0n) is 34.4. The third-order valence-electron chi connectivity index (χ3n) is 13.7. The maximum Gasteiger partial charge on any atom is 0.255 e. The Morgan fingerprint density at radius 2 is 1.71 bits per heavy atom. The largest absolute Gasteiger partial charge is 0.371 e. The van der Waals surface area contributed by atoms with Crippen molar-refractivity contribution in [3.63, 3.8) is 0 Å². The SMILES string of the molecule is [C-]#[N+]c1ccc2c3c([nH]c2c1)C(C)(C)c1cc(N2CCC(N4CCN(CCCCSc5cccc6c5CN(C5CCC(=O)NC5=O)C6=O)CC4)CC2)c(CC)cc1C3=O. The van der Waals surface area contributed by atoms with Crippen LogP contribution in [-0.4, -0.2) is 107 Å². The number of aromatic amines is 1. The number of piperazine rings is 1. The lowest BCUT2D eigenvalue weighted by atomic mass is 9.70. The van der Waals surface area contributed by atoms with E-state index in [0.29, 0.717) is 30.3 Å². The van der Waals surface area contributed by atoms with Gasteiger partial charge in [-0.05, 0) is 97.8 Å². The second-order valence-electron chi connectivity index (χ2n) is 17.4. The van der Waals surface area contributed by atoms with Gasteiger partial charge >= 0.3 is 0 Å². The van der Waals surface area contributed by atoms with E-state index in [4.69, 9.17) is 6.57 Å².